The van der Waals surface area contributed by atoms with Crippen LogP contribution < -0.4 is 0 Å². The van der Waals surface area contributed by atoms with Crippen LogP contribution in [0.25, 0.3) is 11.1 Å². The Balaban J connectivity index is 1.61. The van der Waals surface area contributed by atoms with E-state index >= 15 is 0 Å². The fourth-order valence-corrected chi connectivity index (χ4v) is 4.07. The van der Waals surface area contributed by atoms with Gasteiger partial charge in [-0.3, -0.25) is 0 Å². The van der Waals surface area contributed by atoms with Crippen molar-refractivity contribution in [2.45, 2.75) is 71.6 Å². The van der Waals surface area contributed by atoms with Crippen molar-refractivity contribution in [1.29, 1.82) is 0 Å². The molecule has 1 unspecified atom stereocenters. The van der Waals surface area contributed by atoms with Crippen LogP contribution in [-0.2, 0) is 6.42 Å². The van der Waals surface area contributed by atoms with Gasteiger partial charge in [0.25, 0.3) is 0 Å². The molecule has 29 heavy (non-hydrogen) atoms. The molecule has 0 nitrogen and oxygen atoms in total. The van der Waals surface area contributed by atoms with E-state index in [0.717, 1.165) is 41.9 Å². The number of allylic oxidation sites excluding steroid dienone is 2. The van der Waals surface area contributed by atoms with E-state index in [1.807, 2.05) is 36.4 Å². The van der Waals surface area contributed by atoms with E-state index in [4.69, 9.17) is 0 Å². The van der Waals surface area contributed by atoms with E-state index < -0.39 is 0 Å². The Labute approximate surface area is 176 Å². The third kappa shape index (κ3) is 6.33. The first kappa shape index (κ1) is 21.4. The quantitative estimate of drug-likeness (QED) is 0.332. The Morgan fingerprint density at radius 3 is 2.45 bits per heavy atom. The summed E-state index contributed by atoms with van der Waals surface area (Å²) < 4.78 is 14.4. The van der Waals surface area contributed by atoms with Crippen LogP contribution in [0.15, 0.2) is 54.1 Å². The zero-order chi connectivity index (χ0) is 20.5. The van der Waals surface area contributed by atoms with Crippen molar-refractivity contribution in [3.05, 3.63) is 71.1 Å². The molecule has 0 saturated heterocycles. The van der Waals surface area contributed by atoms with Crippen LogP contribution in [0.3, 0.4) is 0 Å². The van der Waals surface area contributed by atoms with Gasteiger partial charge in [0.15, 0.2) is 0 Å². The minimum atomic E-state index is -0.143. The predicted octanol–water partition coefficient (Wildman–Crippen LogP) is 8.10. The second-order valence-electron chi connectivity index (χ2n) is 8.26. The summed E-state index contributed by atoms with van der Waals surface area (Å²) in [5.41, 5.74) is 4.89. The van der Waals surface area contributed by atoms with Gasteiger partial charge in [-0.1, -0.05) is 88.1 Å². The van der Waals surface area contributed by atoms with Gasteiger partial charge in [-0.25, -0.2) is 4.39 Å². The summed E-state index contributed by atoms with van der Waals surface area (Å²) in [5, 5.41) is 0. The van der Waals surface area contributed by atoms with Gasteiger partial charge in [-0.2, -0.15) is 0 Å². The maximum absolute atomic E-state index is 14.4. The van der Waals surface area contributed by atoms with Crippen LogP contribution >= 0.6 is 0 Å². The maximum Gasteiger partial charge on any atom is 0.131 e. The molecule has 0 aromatic heterocycles. The van der Waals surface area contributed by atoms with Crippen LogP contribution in [0.1, 0.15) is 76.3 Å². The number of hydrogen-bond acceptors (Lipinski definition) is 0. The molecule has 1 heteroatoms. The summed E-state index contributed by atoms with van der Waals surface area (Å²) in [6.45, 7) is 4.38. The maximum atomic E-state index is 14.4. The third-order valence-corrected chi connectivity index (χ3v) is 5.87. The summed E-state index contributed by atoms with van der Waals surface area (Å²) in [6, 6.07) is 13.5. The Hall–Kier alpha value is -2.33. The third-order valence-electron chi connectivity index (χ3n) is 5.87. The molecule has 1 atom stereocenters. The average molecular weight is 389 g/mol. The number of benzene rings is 2. The molecule has 0 aliphatic heterocycles. The van der Waals surface area contributed by atoms with E-state index in [1.54, 1.807) is 6.07 Å². The van der Waals surface area contributed by atoms with Crippen molar-refractivity contribution in [2.24, 2.45) is 5.92 Å². The molecule has 0 amide bonds. The van der Waals surface area contributed by atoms with E-state index in [2.05, 4.69) is 31.8 Å². The highest BCUT2D eigenvalue weighted by Gasteiger charge is 2.13. The lowest BCUT2D eigenvalue weighted by Crippen LogP contribution is -2.05. The molecular weight excluding hydrogens is 355 g/mol. The van der Waals surface area contributed by atoms with Crippen molar-refractivity contribution in [3.63, 3.8) is 0 Å². The fraction of sp³-hybridized carbons (Fsp3) is 0.429. The Morgan fingerprint density at radius 2 is 1.79 bits per heavy atom. The van der Waals surface area contributed by atoms with Crippen molar-refractivity contribution in [3.8, 4) is 23.0 Å². The average Bonchev–Trinajstić information content (AvgIpc) is 2.74. The minimum Gasteiger partial charge on any atom is -0.206 e. The highest BCUT2D eigenvalue weighted by atomic mass is 19.1. The normalized spacial score (nSPS) is 16.1. The van der Waals surface area contributed by atoms with Crippen molar-refractivity contribution in [2.75, 3.05) is 0 Å². The van der Waals surface area contributed by atoms with Gasteiger partial charge in [0.05, 0.1) is 0 Å². The Morgan fingerprint density at radius 1 is 0.966 bits per heavy atom. The van der Waals surface area contributed by atoms with Gasteiger partial charge in [0, 0.05) is 11.1 Å². The van der Waals surface area contributed by atoms with Crippen LogP contribution in [0, 0.1) is 23.6 Å². The molecule has 0 heterocycles. The molecule has 0 fully saturated rings. The van der Waals surface area contributed by atoms with Gasteiger partial charge in [-0.05, 0) is 66.5 Å². The first-order chi connectivity index (χ1) is 14.2. The molecule has 0 radical (unpaired) electrons. The van der Waals surface area contributed by atoms with Gasteiger partial charge in [0.2, 0.25) is 0 Å². The molecule has 2 aromatic carbocycles. The Bertz CT molecular complexity index is 877. The molecule has 3 rings (SSSR count). The van der Waals surface area contributed by atoms with Crippen molar-refractivity contribution in [1.82, 2.24) is 0 Å². The van der Waals surface area contributed by atoms with Gasteiger partial charge >= 0.3 is 0 Å². The second-order valence-corrected chi connectivity index (χ2v) is 8.26. The summed E-state index contributed by atoms with van der Waals surface area (Å²) in [5.74, 6) is 7.35. The van der Waals surface area contributed by atoms with Gasteiger partial charge in [0.1, 0.15) is 5.82 Å². The lowest BCUT2D eigenvalue weighted by Gasteiger charge is -2.19. The molecule has 0 bridgehead atoms. The first-order valence-electron chi connectivity index (χ1n) is 11.3. The van der Waals surface area contributed by atoms with E-state index in [0.29, 0.717) is 5.56 Å². The molecule has 0 spiro atoms. The molecular formula is C28H33F. The number of hydrogen-bond donors (Lipinski definition) is 0. The van der Waals surface area contributed by atoms with Crippen LogP contribution in [0.4, 0.5) is 4.39 Å². The first-order valence-corrected chi connectivity index (χ1v) is 11.3. The predicted molar refractivity (Wildman–Crippen MR) is 122 cm³/mol. The smallest absolute Gasteiger partial charge is 0.131 e. The number of halogens is 1. The van der Waals surface area contributed by atoms with Crippen LogP contribution in [-0.4, -0.2) is 0 Å². The summed E-state index contributed by atoms with van der Waals surface area (Å²) in [6.07, 6.45) is 13.2. The minimum absolute atomic E-state index is 0.143. The topological polar surface area (TPSA) is 0 Å². The van der Waals surface area contributed by atoms with Gasteiger partial charge in [-0.15, -0.1) is 0 Å². The fourth-order valence-electron chi connectivity index (χ4n) is 4.07. The SMILES string of the molecule is CCCCCC1CC=C(C#Cc2ccc(-c3ccc(CCC)cc3F)cc2)CC1. The zero-order valence-electron chi connectivity index (χ0n) is 17.9. The highest BCUT2D eigenvalue weighted by Crippen LogP contribution is 2.28. The second kappa shape index (κ2) is 11.0. The lowest BCUT2D eigenvalue weighted by atomic mass is 9.86. The monoisotopic (exact) mass is 388 g/mol. The molecule has 0 N–H and O–H groups in total. The van der Waals surface area contributed by atoms with Crippen LogP contribution in [0.2, 0.25) is 0 Å². The molecule has 2 aromatic rings. The van der Waals surface area contributed by atoms with Gasteiger partial charge < -0.3 is 0 Å². The largest absolute Gasteiger partial charge is 0.206 e. The molecule has 1 aliphatic carbocycles. The lowest BCUT2D eigenvalue weighted by molar-refractivity contribution is 0.420. The summed E-state index contributed by atoms with van der Waals surface area (Å²) in [4.78, 5) is 0. The van der Waals surface area contributed by atoms with Crippen molar-refractivity contribution >= 4 is 0 Å². The standard InChI is InChI=1S/C28H33F/c1-3-5-6-8-22-9-11-23(12-10-22)13-14-24-15-18-26(19-16-24)27-20-17-25(7-4-2)21-28(27)29/h11,15-22H,3-10,12H2,1-2H3. The molecule has 152 valence electrons. The molecule has 1 aliphatic rings. The van der Waals surface area contributed by atoms with E-state index in [-0.39, 0.29) is 5.82 Å². The zero-order valence-corrected chi connectivity index (χ0v) is 17.9. The summed E-state index contributed by atoms with van der Waals surface area (Å²) >= 11 is 0. The van der Waals surface area contributed by atoms with E-state index in [9.17, 15) is 4.39 Å². The summed E-state index contributed by atoms with van der Waals surface area (Å²) in [7, 11) is 0. The number of aryl methyl sites for hydroxylation is 1. The Kier molecular flexibility index (Phi) is 8.12. The van der Waals surface area contributed by atoms with Crippen molar-refractivity contribution < 1.29 is 4.39 Å². The molecule has 0 saturated carbocycles. The number of rotatable bonds is 7. The highest BCUT2D eigenvalue weighted by molar-refractivity contribution is 5.65. The van der Waals surface area contributed by atoms with Crippen LogP contribution in [0.5, 0.6) is 0 Å². The number of unbranched alkanes of at least 4 members (excludes halogenated alkanes) is 2. The van der Waals surface area contributed by atoms with E-state index in [1.165, 1.54) is 44.1 Å².